The van der Waals surface area contributed by atoms with Crippen LogP contribution in [0.15, 0.2) is 71.9 Å². The van der Waals surface area contributed by atoms with Crippen LogP contribution >= 0.6 is 0 Å². The van der Waals surface area contributed by atoms with Crippen molar-refractivity contribution in [1.29, 1.82) is 0 Å². The monoisotopic (exact) mass is 751 g/mol. The van der Waals surface area contributed by atoms with E-state index in [4.69, 9.17) is 23.8 Å². The molecule has 2 amide bonds. The summed E-state index contributed by atoms with van der Waals surface area (Å²) in [4.78, 5) is 33.8. The van der Waals surface area contributed by atoms with Crippen LogP contribution in [0.2, 0.25) is 0 Å². The number of rotatable bonds is 18. The lowest BCUT2D eigenvalue weighted by atomic mass is 9.55. The second-order valence-corrected chi connectivity index (χ2v) is 13.8. The van der Waals surface area contributed by atoms with Gasteiger partial charge in [0, 0.05) is 44.2 Å². The van der Waals surface area contributed by atoms with Gasteiger partial charge in [0.15, 0.2) is 0 Å². The Labute approximate surface area is 316 Å². The third-order valence-electron chi connectivity index (χ3n) is 10.5. The standard InChI is InChI=1S/C41H54FN3O9/c1-5-22-52-41-36(45(40(49)51-7-3)26-27-14-16-29(42)17-15-27)25-34(44-50-4)32-23-28(12-8-10-20-46)31(13-9-11-21-47)37(38(32)41)33-24-30(18-19-35(33)54-41)53-39(48)43-6-2/h5,14-19,23-24,28,31,36-38,46-47H,1,6-13,20-22,25-26H2,2-4H3,(H,43,48). The molecule has 0 radical (unpaired) electrons. The molecule has 0 aromatic heterocycles. The second kappa shape index (κ2) is 19.2. The average molecular weight is 752 g/mol. The van der Waals surface area contributed by atoms with Crippen LogP contribution in [-0.4, -0.2) is 84.9 Å². The number of hydrogen-bond donors (Lipinski definition) is 3. The number of benzene rings is 2. The molecule has 6 atom stereocenters. The van der Waals surface area contributed by atoms with Crippen LogP contribution in [0.25, 0.3) is 0 Å². The molecule has 0 spiro atoms. The molecule has 3 N–H and O–H groups in total. The summed E-state index contributed by atoms with van der Waals surface area (Å²) >= 11 is 0. The Kier molecular flexibility index (Phi) is 14.5. The van der Waals surface area contributed by atoms with Crippen LogP contribution in [0.4, 0.5) is 14.0 Å². The molecule has 6 unspecified atom stereocenters. The van der Waals surface area contributed by atoms with Crippen LogP contribution in [0, 0.1) is 23.6 Å². The number of ether oxygens (including phenoxy) is 4. The Bertz CT molecular complexity index is 1650. The molecule has 1 aliphatic heterocycles. The fourth-order valence-corrected chi connectivity index (χ4v) is 8.40. The second-order valence-electron chi connectivity index (χ2n) is 13.8. The SMILES string of the molecule is C=CCOC12Oc3ccc(OC(=O)NCC)cc3C3C(CCCCO)C(CCCCO)C=C(C(=NOC)CC1N(Cc1ccc(F)cc1)C(=O)OCC)C32. The number of nitrogens with zero attached hydrogens (tertiary/aromatic N) is 2. The molecule has 2 aliphatic carbocycles. The number of aliphatic hydroxyl groups excluding tert-OH is 2. The molecule has 5 rings (SSSR count). The van der Waals surface area contributed by atoms with Crippen LogP contribution in [0.3, 0.4) is 0 Å². The first kappa shape index (κ1) is 40.7. The lowest BCUT2D eigenvalue weighted by Gasteiger charge is -2.59. The molecular weight excluding hydrogens is 697 g/mol. The van der Waals surface area contributed by atoms with Crippen molar-refractivity contribution in [2.24, 2.45) is 22.9 Å². The number of halogens is 1. The Balaban J connectivity index is 1.78. The number of nitrogens with one attached hydrogen (secondary N) is 1. The fourth-order valence-electron chi connectivity index (χ4n) is 8.40. The summed E-state index contributed by atoms with van der Waals surface area (Å²) in [6, 6.07) is 10.4. The predicted octanol–water partition coefficient (Wildman–Crippen LogP) is 6.86. The lowest BCUT2D eigenvalue weighted by molar-refractivity contribution is -0.256. The minimum absolute atomic E-state index is 0.0197. The lowest BCUT2D eigenvalue weighted by Crippen LogP contribution is -2.70. The van der Waals surface area contributed by atoms with Crippen molar-refractivity contribution in [3.63, 3.8) is 0 Å². The minimum atomic E-state index is -1.51. The number of fused-ring (bicyclic) bond motifs is 2. The van der Waals surface area contributed by atoms with Gasteiger partial charge in [-0.05, 0) is 92.8 Å². The van der Waals surface area contributed by atoms with Gasteiger partial charge in [0.05, 0.1) is 24.8 Å². The highest BCUT2D eigenvalue weighted by Gasteiger charge is 2.65. The zero-order valence-corrected chi connectivity index (χ0v) is 31.5. The van der Waals surface area contributed by atoms with Crippen LogP contribution in [0.5, 0.6) is 11.5 Å². The molecule has 2 aromatic carbocycles. The first-order valence-electron chi connectivity index (χ1n) is 19.0. The summed E-state index contributed by atoms with van der Waals surface area (Å²) in [5.41, 5.74) is 2.96. The number of carbonyl (C=O) groups is 2. The summed E-state index contributed by atoms with van der Waals surface area (Å²) in [7, 11) is 1.48. The summed E-state index contributed by atoms with van der Waals surface area (Å²) in [6.45, 7) is 8.27. The van der Waals surface area contributed by atoms with Crippen molar-refractivity contribution < 1.29 is 48.0 Å². The average Bonchev–Trinajstić information content (AvgIpc) is 3.16. The van der Waals surface area contributed by atoms with Gasteiger partial charge < -0.3 is 39.3 Å². The number of oxime groups is 1. The molecule has 294 valence electrons. The Morgan fingerprint density at radius 1 is 1.09 bits per heavy atom. The van der Waals surface area contributed by atoms with E-state index in [0.29, 0.717) is 42.2 Å². The topological polar surface area (TPSA) is 148 Å². The number of unbranched alkanes of at least 4 members (excludes halogenated alkanes) is 2. The molecule has 2 aromatic rings. The van der Waals surface area contributed by atoms with E-state index in [1.165, 1.54) is 19.2 Å². The maximum Gasteiger partial charge on any atom is 0.412 e. The molecule has 54 heavy (non-hydrogen) atoms. The molecule has 13 heteroatoms. The summed E-state index contributed by atoms with van der Waals surface area (Å²) in [5.74, 6) is -1.92. The van der Waals surface area contributed by atoms with Gasteiger partial charge in [0.25, 0.3) is 0 Å². The smallest absolute Gasteiger partial charge is 0.412 e. The van der Waals surface area contributed by atoms with Gasteiger partial charge in [-0.3, -0.25) is 4.90 Å². The molecular formula is C41H54FN3O9. The van der Waals surface area contributed by atoms with E-state index in [1.807, 2.05) is 13.0 Å². The Morgan fingerprint density at radius 3 is 2.50 bits per heavy atom. The van der Waals surface area contributed by atoms with E-state index in [9.17, 15) is 24.2 Å². The summed E-state index contributed by atoms with van der Waals surface area (Å²) < 4.78 is 39.5. The highest BCUT2D eigenvalue weighted by molar-refractivity contribution is 6.03. The van der Waals surface area contributed by atoms with E-state index >= 15 is 0 Å². The molecule has 0 bridgehead atoms. The summed E-state index contributed by atoms with van der Waals surface area (Å²) in [6.07, 6.45) is 7.18. The Morgan fingerprint density at radius 2 is 1.83 bits per heavy atom. The zero-order chi connectivity index (χ0) is 38.7. The van der Waals surface area contributed by atoms with E-state index in [2.05, 4.69) is 23.1 Å². The van der Waals surface area contributed by atoms with E-state index in [-0.39, 0.29) is 57.1 Å². The number of carbonyl (C=O) groups excluding carboxylic acids is 2. The van der Waals surface area contributed by atoms with Gasteiger partial charge in [-0.1, -0.05) is 42.3 Å². The molecule has 1 saturated carbocycles. The number of aliphatic hydroxyl groups is 2. The quantitative estimate of drug-likeness (QED) is 0.0845. The Hall–Kier alpha value is -4.46. The van der Waals surface area contributed by atoms with Gasteiger partial charge in [-0.15, -0.1) is 6.58 Å². The van der Waals surface area contributed by atoms with Gasteiger partial charge in [-0.25, -0.2) is 14.0 Å². The largest absolute Gasteiger partial charge is 0.459 e. The van der Waals surface area contributed by atoms with Crippen LogP contribution in [-0.2, 0) is 20.9 Å². The van der Waals surface area contributed by atoms with Crippen molar-refractivity contribution in [3.05, 3.63) is 83.7 Å². The fraction of sp³-hybridized carbons (Fsp3) is 0.537. The highest BCUT2D eigenvalue weighted by atomic mass is 19.1. The first-order chi connectivity index (χ1) is 26.2. The molecule has 1 heterocycles. The molecule has 12 nitrogen and oxygen atoms in total. The number of hydrogen-bond acceptors (Lipinski definition) is 10. The predicted molar refractivity (Wildman–Crippen MR) is 201 cm³/mol. The van der Waals surface area contributed by atoms with Crippen molar-refractivity contribution in [3.8, 4) is 11.5 Å². The molecule has 3 aliphatic rings. The van der Waals surface area contributed by atoms with Crippen molar-refractivity contribution in [2.45, 2.75) is 83.1 Å². The van der Waals surface area contributed by atoms with Crippen molar-refractivity contribution in [1.82, 2.24) is 10.2 Å². The number of allylic oxidation sites excluding steroid dienone is 1. The first-order valence-corrected chi connectivity index (χ1v) is 19.0. The number of amides is 2. The van der Waals surface area contributed by atoms with E-state index in [1.54, 1.807) is 42.2 Å². The van der Waals surface area contributed by atoms with Gasteiger partial charge in [0.1, 0.15) is 30.5 Å². The highest BCUT2D eigenvalue weighted by Crippen LogP contribution is 2.62. The van der Waals surface area contributed by atoms with Crippen LogP contribution in [0.1, 0.15) is 75.8 Å². The maximum absolute atomic E-state index is 14.1. The summed E-state index contributed by atoms with van der Waals surface area (Å²) in [5, 5.41) is 26.8. The van der Waals surface area contributed by atoms with Crippen molar-refractivity contribution >= 4 is 17.9 Å². The van der Waals surface area contributed by atoms with Gasteiger partial charge in [-0.2, -0.15) is 0 Å². The minimum Gasteiger partial charge on any atom is -0.459 e. The van der Waals surface area contributed by atoms with Crippen molar-refractivity contribution in [2.75, 3.05) is 40.1 Å². The third kappa shape index (κ3) is 8.90. The van der Waals surface area contributed by atoms with E-state index < -0.39 is 35.8 Å². The zero-order valence-electron chi connectivity index (χ0n) is 31.5. The molecule has 0 saturated heterocycles. The van der Waals surface area contributed by atoms with Crippen LogP contribution < -0.4 is 14.8 Å². The van der Waals surface area contributed by atoms with E-state index in [0.717, 1.165) is 36.8 Å². The third-order valence-corrected chi connectivity index (χ3v) is 10.5. The maximum atomic E-state index is 14.1. The normalized spacial score (nSPS) is 24.7. The molecule has 1 fully saturated rings. The van der Waals surface area contributed by atoms with Gasteiger partial charge in [0.2, 0.25) is 5.79 Å². The van der Waals surface area contributed by atoms with Gasteiger partial charge >= 0.3 is 12.2 Å².